The number of likely N-dealkylation sites (N-methyl/N-ethyl adjacent to an activating group) is 1. The number of esters is 2. The second-order valence-electron chi connectivity index (χ2n) is 13.9. The first-order valence-corrected chi connectivity index (χ1v) is 19.9. The van der Waals surface area contributed by atoms with Crippen molar-refractivity contribution >= 4 is 17.9 Å². The molecule has 0 amide bonds. The summed E-state index contributed by atoms with van der Waals surface area (Å²) in [6, 6.07) is -0.630. The van der Waals surface area contributed by atoms with Gasteiger partial charge in [0.2, 0.25) is 0 Å². The van der Waals surface area contributed by atoms with Crippen LogP contribution in [0.4, 0.5) is 0 Å². The smallest absolute Gasteiger partial charge is 0.362 e. The molecular weight excluding hydrogens is 666 g/mol. The van der Waals surface area contributed by atoms with Crippen LogP contribution in [0.3, 0.4) is 0 Å². The molecule has 0 radical (unpaired) electrons. The van der Waals surface area contributed by atoms with Crippen LogP contribution >= 0.6 is 0 Å². The summed E-state index contributed by atoms with van der Waals surface area (Å²) in [5.41, 5.74) is 0. The number of carboxylic acid groups (broad SMARTS) is 1. The summed E-state index contributed by atoms with van der Waals surface area (Å²) in [6.07, 6.45) is 45.9. The minimum atomic E-state index is -0.891. The third kappa shape index (κ3) is 33.8. The molecule has 0 fully saturated rings. The fourth-order valence-corrected chi connectivity index (χ4v) is 5.10. The van der Waals surface area contributed by atoms with Gasteiger partial charge < -0.3 is 23.8 Å². The highest BCUT2D eigenvalue weighted by atomic mass is 16.6. The third-order valence-corrected chi connectivity index (χ3v) is 8.14. The third-order valence-electron chi connectivity index (χ3n) is 8.14. The number of allylic oxidation sites excluding steroid dienone is 16. The minimum absolute atomic E-state index is 0.0311. The van der Waals surface area contributed by atoms with E-state index in [0.29, 0.717) is 19.3 Å². The second-order valence-corrected chi connectivity index (χ2v) is 13.9. The van der Waals surface area contributed by atoms with Gasteiger partial charge in [-0.2, -0.15) is 0 Å². The molecule has 0 bridgehead atoms. The molecule has 2 unspecified atom stereocenters. The van der Waals surface area contributed by atoms with Crippen LogP contribution in [0.25, 0.3) is 0 Å². The number of rotatable bonds is 33. The zero-order valence-electron chi connectivity index (χ0n) is 33.7. The standard InChI is InChI=1S/C45H71NO7/c1-6-8-10-12-14-16-18-20-21-22-23-24-26-28-30-32-34-36-44(48)53-41(39-51-38-37-42(45(49)50)46(3,4)5)40-52-43(47)35-33-31-29-27-25-19-17-15-13-11-9-7-2/h8-12,14-18,20-24,26,41-42H,6-7,13,19,25,27-40H2,1-5H3/p+1/b10-8+,11-9+,14-12+,17-15+,18-16+,21-20+,23-22+,26-24+. The van der Waals surface area contributed by atoms with Gasteiger partial charge in [-0.25, -0.2) is 4.79 Å². The number of hydrogen-bond acceptors (Lipinski definition) is 6. The van der Waals surface area contributed by atoms with Crippen molar-refractivity contribution in [2.75, 3.05) is 41.0 Å². The highest BCUT2D eigenvalue weighted by molar-refractivity contribution is 5.72. The summed E-state index contributed by atoms with van der Waals surface area (Å²) in [7, 11) is 5.48. The quantitative estimate of drug-likeness (QED) is 0.0235. The van der Waals surface area contributed by atoms with Gasteiger partial charge in [0.25, 0.3) is 0 Å². The Bertz CT molecular complexity index is 1180. The van der Waals surface area contributed by atoms with E-state index in [4.69, 9.17) is 14.2 Å². The van der Waals surface area contributed by atoms with Crippen LogP contribution in [-0.4, -0.2) is 80.6 Å². The topological polar surface area (TPSA) is 99.1 Å². The molecule has 0 saturated carbocycles. The Morgan fingerprint density at radius 1 is 0.585 bits per heavy atom. The van der Waals surface area contributed by atoms with E-state index >= 15 is 0 Å². The number of carboxylic acids is 1. The lowest BCUT2D eigenvalue weighted by molar-refractivity contribution is -0.887. The van der Waals surface area contributed by atoms with Crippen LogP contribution < -0.4 is 0 Å². The van der Waals surface area contributed by atoms with Gasteiger partial charge in [-0.1, -0.05) is 137 Å². The zero-order valence-corrected chi connectivity index (χ0v) is 33.7. The SMILES string of the molecule is CC/C=C/C=C/C=C/C=C/C=C/C=C/CCCCCC(=O)OC(COCCC(C(=O)O)[N+](C)(C)C)COC(=O)CCCCCCC/C=C/C/C=C/CC. The van der Waals surface area contributed by atoms with Crippen molar-refractivity contribution in [2.24, 2.45) is 0 Å². The minimum Gasteiger partial charge on any atom is -0.477 e. The molecule has 8 nitrogen and oxygen atoms in total. The Labute approximate surface area is 322 Å². The zero-order chi connectivity index (χ0) is 39.3. The van der Waals surface area contributed by atoms with E-state index in [-0.39, 0.29) is 42.7 Å². The Kier molecular flexibility index (Phi) is 32.8. The van der Waals surface area contributed by atoms with Gasteiger partial charge in [0.1, 0.15) is 6.61 Å². The molecule has 0 aliphatic rings. The normalized spacial score (nSPS) is 14.1. The van der Waals surface area contributed by atoms with Crippen LogP contribution in [0.15, 0.2) is 97.2 Å². The molecule has 0 saturated heterocycles. The predicted molar refractivity (Wildman–Crippen MR) is 219 cm³/mol. The largest absolute Gasteiger partial charge is 0.477 e. The lowest BCUT2D eigenvalue weighted by Crippen LogP contribution is -2.50. The van der Waals surface area contributed by atoms with E-state index in [1.165, 1.54) is 0 Å². The number of aliphatic carboxylic acids is 1. The van der Waals surface area contributed by atoms with Crippen molar-refractivity contribution in [1.29, 1.82) is 0 Å². The predicted octanol–water partition coefficient (Wildman–Crippen LogP) is 10.3. The molecule has 298 valence electrons. The highest BCUT2D eigenvalue weighted by Gasteiger charge is 2.31. The summed E-state index contributed by atoms with van der Waals surface area (Å²) < 4.78 is 17.1. The number of hydrogen-bond donors (Lipinski definition) is 1. The number of unbranched alkanes of at least 4 members (excludes halogenated alkanes) is 8. The fraction of sp³-hybridized carbons (Fsp3) is 0.578. The van der Waals surface area contributed by atoms with Gasteiger partial charge in [0.15, 0.2) is 12.1 Å². The summed E-state index contributed by atoms with van der Waals surface area (Å²) in [5, 5.41) is 9.59. The van der Waals surface area contributed by atoms with Crippen LogP contribution in [0.5, 0.6) is 0 Å². The maximum absolute atomic E-state index is 12.7. The molecule has 0 aliphatic heterocycles. The van der Waals surface area contributed by atoms with Gasteiger partial charge >= 0.3 is 17.9 Å². The number of quaternary nitrogens is 1. The maximum Gasteiger partial charge on any atom is 0.362 e. The van der Waals surface area contributed by atoms with Crippen LogP contribution in [0.1, 0.15) is 117 Å². The van der Waals surface area contributed by atoms with Crippen LogP contribution in [-0.2, 0) is 28.6 Å². The summed E-state index contributed by atoms with van der Waals surface area (Å²) in [4.78, 5) is 36.8. The van der Waals surface area contributed by atoms with E-state index in [1.54, 1.807) is 0 Å². The molecule has 2 atom stereocenters. The molecule has 0 heterocycles. The number of ether oxygens (including phenoxy) is 3. The Morgan fingerprint density at radius 2 is 1.09 bits per heavy atom. The number of carbonyl (C=O) groups excluding carboxylic acids is 2. The molecule has 1 N–H and O–H groups in total. The van der Waals surface area contributed by atoms with Gasteiger partial charge in [-0.15, -0.1) is 0 Å². The van der Waals surface area contributed by atoms with Crippen LogP contribution in [0, 0.1) is 0 Å². The van der Waals surface area contributed by atoms with Crippen molar-refractivity contribution in [1.82, 2.24) is 0 Å². The summed E-state index contributed by atoms with van der Waals surface area (Å²) >= 11 is 0. The van der Waals surface area contributed by atoms with Gasteiger partial charge in [0.05, 0.1) is 34.4 Å². The Balaban J connectivity index is 4.56. The van der Waals surface area contributed by atoms with Crippen molar-refractivity contribution < 1.29 is 38.2 Å². The lowest BCUT2D eigenvalue weighted by Gasteiger charge is -2.31. The number of carbonyl (C=O) groups is 3. The van der Waals surface area contributed by atoms with E-state index in [0.717, 1.165) is 77.0 Å². The first kappa shape index (κ1) is 49.2. The highest BCUT2D eigenvalue weighted by Crippen LogP contribution is 2.12. The van der Waals surface area contributed by atoms with E-state index < -0.39 is 18.1 Å². The Hall–Kier alpha value is -3.75. The summed E-state index contributed by atoms with van der Waals surface area (Å²) in [5.74, 6) is -1.56. The fourth-order valence-electron chi connectivity index (χ4n) is 5.10. The molecule has 0 aromatic carbocycles. The molecule has 0 aromatic rings. The van der Waals surface area contributed by atoms with Crippen molar-refractivity contribution in [3.05, 3.63) is 97.2 Å². The molecule has 0 aliphatic carbocycles. The van der Waals surface area contributed by atoms with E-state index in [1.807, 2.05) is 81.9 Å². The Morgan fingerprint density at radius 3 is 1.70 bits per heavy atom. The van der Waals surface area contributed by atoms with E-state index in [2.05, 4.69) is 50.3 Å². The summed E-state index contributed by atoms with van der Waals surface area (Å²) in [6.45, 7) is 4.38. The molecule has 8 heteroatoms. The number of nitrogens with zero attached hydrogens (tertiary/aromatic N) is 1. The van der Waals surface area contributed by atoms with Gasteiger partial charge in [0, 0.05) is 19.3 Å². The van der Waals surface area contributed by atoms with Crippen LogP contribution in [0.2, 0.25) is 0 Å². The first-order chi connectivity index (χ1) is 25.6. The van der Waals surface area contributed by atoms with Gasteiger partial charge in [-0.05, 0) is 57.8 Å². The average molecular weight is 739 g/mol. The van der Waals surface area contributed by atoms with Crippen molar-refractivity contribution in [2.45, 2.75) is 129 Å². The van der Waals surface area contributed by atoms with Gasteiger partial charge in [-0.3, -0.25) is 9.59 Å². The maximum atomic E-state index is 12.7. The first-order valence-electron chi connectivity index (χ1n) is 19.9. The van der Waals surface area contributed by atoms with Crippen molar-refractivity contribution in [3.63, 3.8) is 0 Å². The molecule has 53 heavy (non-hydrogen) atoms. The second kappa shape index (κ2) is 35.3. The molecule has 0 rings (SSSR count). The molecule has 0 spiro atoms. The monoisotopic (exact) mass is 739 g/mol. The van der Waals surface area contributed by atoms with Crippen molar-refractivity contribution in [3.8, 4) is 0 Å². The average Bonchev–Trinajstić information content (AvgIpc) is 3.11. The molecular formula is C45H72NO7+. The van der Waals surface area contributed by atoms with E-state index in [9.17, 15) is 19.5 Å². The molecule has 0 aromatic heterocycles. The lowest BCUT2D eigenvalue weighted by atomic mass is 10.1.